The zero-order valence-corrected chi connectivity index (χ0v) is 12.8. The Bertz CT molecular complexity index is 274. The lowest BCUT2D eigenvalue weighted by Crippen LogP contribution is -2.06. The molecule has 0 saturated carbocycles. The fourth-order valence-electron chi connectivity index (χ4n) is 0.672. The highest BCUT2D eigenvalue weighted by atomic mass is 127. The molecule has 12 heavy (non-hydrogen) atoms. The molecule has 68 valence electrons. The van der Waals surface area contributed by atoms with Crippen LogP contribution in [0.5, 0.6) is 0 Å². The Morgan fingerprint density at radius 3 is 2.50 bits per heavy atom. The largest absolute Gasteiger partial charge is 0.361 e. The lowest BCUT2D eigenvalue weighted by molar-refractivity contribution is 0.0843. The summed E-state index contributed by atoms with van der Waals surface area (Å²) in [6.45, 7) is 3.32. The average molecular weight is 504 g/mol. The smallest absolute Gasteiger partial charge is 0.175 e. The van der Waals surface area contributed by atoms with Crippen molar-refractivity contribution >= 4 is 67.8 Å². The number of aromatic nitrogens is 2. The van der Waals surface area contributed by atoms with E-state index in [2.05, 4.69) is 72.8 Å². The van der Waals surface area contributed by atoms with Crippen LogP contribution in [0, 0.1) is 11.2 Å². The van der Waals surface area contributed by atoms with Crippen LogP contribution in [0.25, 0.3) is 0 Å². The molecular weight excluding hydrogens is 497 g/mol. The number of hydrogen-bond acceptors (Lipinski definition) is 2. The zero-order chi connectivity index (χ0) is 9.14. The lowest BCUT2D eigenvalue weighted by atomic mass is 10.8. The summed E-state index contributed by atoms with van der Waals surface area (Å²) in [7, 11) is 0. The molecule has 3 nitrogen and oxygen atoms in total. The van der Waals surface area contributed by atoms with Crippen LogP contribution in [0.15, 0.2) is 0 Å². The van der Waals surface area contributed by atoms with Gasteiger partial charge in [0.1, 0.15) is 14.1 Å². The van der Waals surface area contributed by atoms with Crippen LogP contribution in [0.1, 0.15) is 6.92 Å². The van der Waals surface area contributed by atoms with Crippen LogP contribution in [-0.2, 0) is 11.5 Å². The van der Waals surface area contributed by atoms with Gasteiger partial charge in [0.25, 0.3) is 0 Å². The minimum atomic E-state index is 0.600. The summed E-state index contributed by atoms with van der Waals surface area (Å²) in [5.74, 6) is 0. The Morgan fingerprint density at radius 1 is 1.42 bits per heavy atom. The van der Waals surface area contributed by atoms with Crippen molar-refractivity contribution in [1.29, 1.82) is 0 Å². The van der Waals surface area contributed by atoms with E-state index in [1.165, 1.54) is 0 Å². The van der Waals surface area contributed by atoms with Crippen LogP contribution < -0.4 is 0 Å². The molecule has 0 aliphatic heterocycles. The van der Waals surface area contributed by atoms with Crippen molar-refractivity contribution in [2.24, 2.45) is 0 Å². The molecular formula is C6H7I3N2O. The number of nitrogens with zero attached hydrogens (tertiary/aromatic N) is 2. The zero-order valence-electron chi connectivity index (χ0n) is 6.35. The van der Waals surface area contributed by atoms with Crippen molar-refractivity contribution in [2.45, 2.75) is 13.7 Å². The molecule has 0 aromatic carbocycles. The first-order chi connectivity index (χ1) is 5.66. The van der Waals surface area contributed by atoms with Gasteiger partial charge in [0.2, 0.25) is 0 Å². The minimum Gasteiger partial charge on any atom is -0.361 e. The Morgan fingerprint density at radius 2 is 2.08 bits per heavy atom. The van der Waals surface area contributed by atoms with Crippen LogP contribution in [0.3, 0.4) is 0 Å². The van der Waals surface area contributed by atoms with Crippen molar-refractivity contribution in [2.75, 3.05) is 6.61 Å². The standard InChI is InChI=1S/C6H7I3N2O/c1-2-12-3-11-5(8)4(7)10-6(11)9/h2-3H2,1H3. The first kappa shape index (κ1) is 11.4. The van der Waals surface area contributed by atoms with Crippen molar-refractivity contribution in [1.82, 2.24) is 9.55 Å². The summed E-state index contributed by atoms with van der Waals surface area (Å²) in [6.07, 6.45) is 0. The molecule has 0 spiro atoms. The van der Waals surface area contributed by atoms with Crippen LogP contribution in [-0.4, -0.2) is 16.2 Å². The molecule has 0 aliphatic rings. The van der Waals surface area contributed by atoms with Gasteiger partial charge in [-0.1, -0.05) is 0 Å². The maximum absolute atomic E-state index is 5.30. The topological polar surface area (TPSA) is 27.1 Å². The average Bonchev–Trinajstić information content (AvgIpc) is 2.25. The van der Waals surface area contributed by atoms with Gasteiger partial charge in [-0.05, 0) is 52.1 Å². The molecule has 0 N–H and O–H groups in total. The Labute approximate surface area is 112 Å². The van der Waals surface area contributed by atoms with E-state index in [0.717, 1.165) is 17.8 Å². The van der Waals surface area contributed by atoms with Gasteiger partial charge in [-0.2, -0.15) is 0 Å². The van der Waals surface area contributed by atoms with Gasteiger partial charge in [-0.15, -0.1) is 0 Å². The highest BCUT2D eigenvalue weighted by Gasteiger charge is 2.09. The molecule has 0 radical (unpaired) electrons. The minimum absolute atomic E-state index is 0.600. The molecule has 1 aromatic heterocycles. The highest BCUT2D eigenvalue weighted by molar-refractivity contribution is 14.1. The third-order valence-corrected chi connectivity index (χ3v) is 4.95. The number of hydrogen-bond donors (Lipinski definition) is 0. The monoisotopic (exact) mass is 504 g/mol. The van der Waals surface area contributed by atoms with Gasteiger partial charge in [0.15, 0.2) is 3.83 Å². The molecule has 0 unspecified atom stereocenters. The predicted molar refractivity (Wildman–Crippen MR) is 72.0 cm³/mol. The molecule has 0 fully saturated rings. The van der Waals surface area contributed by atoms with E-state index in [1.807, 2.05) is 11.5 Å². The lowest BCUT2D eigenvalue weighted by Gasteiger charge is -2.04. The van der Waals surface area contributed by atoms with E-state index in [9.17, 15) is 0 Å². The number of rotatable bonds is 3. The summed E-state index contributed by atoms with van der Waals surface area (Å²) in [5, 5.41) is 0. The molecule has 0 saturated heterocycles. The van der Waals surface area contributed by atoms with Gasteiger partial charge in [0.05, 0.1) is 0 Å². The molecule has 1 aromatic rings. The number of ether oxygens (including phenoxy) is 1. The van der Waals surface area contributed by atoms with E-state index < -0.39 is 0 Å². The first-order valence-corrected chi connectivity index (χ1v) is 6.55. The SMILES string of the molecule is CCOCn1c(I)nc(I)c1I. The Hall–Kier alpha value is 1.36. The van der Waals surface area contributed by atoms with Gasteiger partial charge in [-0.3, -0.25) is 4.57 Å². The van der Waals surface area contributed by atoms with Gasteiger partial charge in [0, 0.05) is 29.2 Å². The summed E-state index contributed by atoms with van der Waals surface area (Å²) < 4.78 is 10.5. The summed E-state index contributed by atoms with van der Waals surface area (Å²) in [6, 6.07) is 0. The molecule has 0 aliphatic carbocycles. The molecule has 0 atom stereocenters. The third-order valence-electron chi connectivity index (χ3n) is 1.24. The van der Waals surface area contributed by atoms with E-state index in [0.29, 0.717) is 6.73 Å². The molecule has 1 rings (SSSR count). The molecule has 0 bridgehead atoms. The van der Waals surface area contributed by atoms with Gasteiger partial charge >= 0.3 is 0 Å². The van der Waals surface area contributed by atoms with Crippen LogP contribution in [0.2, 0.25) is 0 Å². The predicted octanol–water partition coefficient (Wildman–Crippen LogP) is 2.69. The van der Waals surface area contributed by atoms with Crippen molar-refractivity contribution in [3.8, 4) is 0 Å². The van der Waals surface area contributed by atoms with Gasteiger partial charge < -0.3 is 4.74 Å². The van der Waals surface area contributed by atoms with E-state index >= 15 is 0 Å². The normalized spacial score (nSPS) is 10.7. The van der Waals surface area contributed by atoms with Crippen molar-refractivity contribution < 1.29 is 4.74 Å². The molecule has 6 heteroatoms. The molecule has 0 amide bonds. The number of imidazole rings is 1. The second kappa shape index (κ2) is 5.29. The Balaban J connectivity index is 2.82. The highest BCUT2D eigenvalue weighted by Crippen LogP contribution is 2.17. The first-order valence-electron chi connectivity index (χ1n) is 3.31. The maximum Gasteiger partial charge on any atom is 0.175 e. The van der Waals surface area contributed by atoms with Gasteiger partial charge in [-0.25, -0.2) is 4.98 Å². The van der Waals surface area contributed by atoms with E-state index in [1.54, 1.807) is 0 Å². The third kappa shape index (κ3) is 2.67. The van der Waals surface area contributed by atoms with E-state index in [4.69, 9.17) is 4.74 Å². The summed E-state index contributed by atoms with van der Waals surface area (Å²) >= 11 is 6.71. The summed E-state index contributed by atoms with van der Waals surface area (Å²) in [4.78, 5) is 4.31. The quantitative estimate of drug-likeness (QED) is 0.593. The van der Waals surface area contributed by atoms with Crippen LogP contribution >= 0.6 is 67.8 Å². The van der Waals surface area contributed by atoms with Crippen molar-refractivity contribution in [3.05, 3.63) is 11.2 Å². The second-order valence-corrected chi connectivity index (χ2v) is 5.02. The fourth-order valence-corrected chi connectivity index (χ4v) is 3.23. The van der Waals surface area contributed by atoms with Crippen molar-refractivity contribution in [3.63, 3.8) is 0 Å². The second-order valence-electron chi connectivity index (χ2n) is 2.01. The fraction of sp³-hybridized carbons (Fsp3) is 0.500. The molecule has 1 heterocycles. The number of halogens is 3. The maximum atomic E-state index is 5.30. The van der Waals surface area contributed by atoms with E-state index in [-0.39, 0.29) is 0 Å². The van der Waals surface area contributed by atoms with Crippen LogP contribution in [0.4, 0.5) is 0 Å². The summed E-state index contributed by atoms with van der Waals surface area (Å²) in [5.41, 5.74) is 0. The Kier molecular flexibility index (Phi) is 5.04.